The number of aromatic nitrogens is 6. The van der Waals surface area contributed by atoms with E-state index in [9.17, 15) is 4.79 Å². The second-order valence-electron chi connectivity index (χ2n) is 8.30. The molecule has 0 spiro atoms. The van der Waals surface area contributed by atoms with Gasteiger partial charge in [0.05, 0.1) is 46.2 Å². The maximum Gasteiger partial charge on any atom is 0.259 e. The van der Waals surface area contributed by atoms with Gasteiger partial charge < -0.3 is 5.32 Å². The normalized spacial score (nSPS) is 11.3. The van der Waals surface area contributed by atoms with Crippen LogP contribution in [0.2, 0.25) is 0 Å². The lowest BCUT2D eigenvalue weighted by Crippen LogP contribution is -2.13. The Morgan fingerprint density at radius 1 is 0.886 bits per heavy atom. The molecule has 4 aromatic heterocycles. The van der Waals surface area contributed by atoms with Crippen LogP contribution in [0.4, 0.5) is 5.69 Å². The molecule has 170 valence electrons. The lowest BCUT2D eigenvalue weighted by Gasteiger charge is -2.07. The van der Waals surface area contributed by atoms with E-state index in [1.807, 2.05) is 86.6 Å². The van der Waals surface area contributed by atoms with E-state index in [0.717, 1.165) is 33.3 Å². The number of fused-ring (bicyclic) bond motifs is 2. The number of rotatable bonds is 4. The van der Waals surface area contributed by atoms with E-state index in [2.05, 4.69) is 25.5 Å². The molecule has 8 heteroatoms. The van der Waals surface area contributed by atoms with E-state index in [1.165, 1.54) is 0 Å². The van der Waals surface area contributed by atoms with Gasteiger partial charge in [-0.3, -0.25) is 4.79 Å². The van der Waals surface area contributed by atoms with Crippen molar-refractivity contribution in [2.75, 3.05) is 5.32 Å². The van der Waals surface area contributed by atoms with E-state index in [4.69, 9.17) is 0 Å². The average Bonchev–Trinajstić information content (AvgIpc) is 3.44. The summed E-state index contributed by atoms with van der Waals surface area (Å²) >= 11 is 0. The van der Waals surface area contributed by atoms with E-state index in [0.29, 0.717) is 22.8 Å². The van der Waals surface area contributed by atoms with Crippen LogP contribution in [0.1, 0.15) is 21.7 Å². The van der Waals surface area contributed by atoms with E-state index < -0.39 is 0 Å². The molecule has 1 N–H and O–H groups in total. The summed E-state index contributed by atoms with van der Waals surface area (Å²) in [5.41, 5.74) is 5.13. The van der Waals surface area contributed by atoms with Crippen LogP contribution in [-0.2, 0) is 0 Å². The summed E-state index contributed by atoms with van der Waals surface area (Å²) in [7, 11) is 0. The van der Waals surface area contributed by atoms with E-state index in [-0.39, 0.29) is 5.91 Å². The van der Waals surface area contributed by atoms with Gasteiger partial charge >= 0.3 is 0 Å². The zero-order chi connectivity index (χ0) is 23.9. The van der Waals surface area contributed by atoms with Crippen LogP contribution in [0.5, 0.6) is 0 Å². The van der Waals surface area contributed by atoms with Gasteiger partial charge in [-0.1, -0.05) is 36.4 Å². The third-order valence-corrected chi connectivity index (χ3v) is 6.02. The number of carbonyl (C=O) groups is 1. The number of aryl methyl sites for hydroxylation is 1. The first kappa shape index (κ1) is 20.7. The quantitative estimate of drug-likeness (QED) is 0.400. The second-order valence-corrected chi connectivity index (χ2v) is 8.30. The fraction of sp³-hybridized carbons (Fsp3) is 0.0741. The highest BCUT2D eigenvalue weighted by atomic mass is 16.1. The monoisotopic (exact) mass is 459 g/mol. The highest BCUT2D eigenvalue weighted by Gasteiger charge is 2.18. The predicted octanol–water partition coefficient (Wildman–Crippen LogP) is 5.02. The molecule has 0 aliphatic rings. The molecular formula is C27H21N7O. The van der Waals surface area contributed by atoms with Crippen LogP contribution in [0.15, 0.2) is 85.2 Å². The van der Waals surface area contributed by atoms with Crippen LogP contribution in [0, 0.1) is 13.8 Å². The van der Waals surface area contributed by atoms with Crippen LogP contribution in [0.3, 0.4) is 0 Å². The maximum absolute atomic E-state index is 13.1. The predicted molar refractivity (Wildman–Crippen MR) is 135 cm³/mol. The molecule has 0 radical (unpaired) electrons. The third kappa shape index (κ3) is 3.61. The molecule has 0 saturated carbocycles. The highest BCUT2D eigenvalue weighted by molar-refractivity contribution is 6.05. The Bertz CT molecular complexity index is 1720. The molecule has 8 nitrogen and oxygen atoms in total. The number of para-hydroxylation sites is 2. The number of nitrogens with one attached hydrogen (secondary N) is 1. The highest BCUT2D eigenvalue weighted by Crippen LogP contribution is 2.24. The van der Waals surface area contributed by atoms with Crippen molar-refractivity contribution in [2.45, 2.75) is 13.8 Å². The minimum absolute atomic E-state index is 0.260. The first-order valence-electron chi connectivity index (χ1n) is 11.2. The third-order valence-electron chi connectivity index (χ3n) is 6.02. The van der Waals surface area contributed by atoms with Crippen LogP contribution >= 0.6 is 0 Å². The average molecular weight is 460 g/mol. The minimum atomic E-state index is -0.260. The summed E-state index contributed by atoms with van der Waals surface area (Å²) < 4.78 is 3.48. The number of benzene rings is 2. The zero-order valence-corrected chi connectivity index (χ0v) is 19.2. The Morgan fingerprint density at radius 2 is 1.69 bits per heavy atom. The number of anilines is 1. The molecule has 2 aromatic carbocycles. The van der Waals surface area contributed by atoms with Crippen LogP contribution in [-0.4, -0.2) is 35.4 Å². The van der Waals surface area contributed by atoms with Gasteiger partial charge in [-0.25, -0.2) is 19.3 Å². The number of pyridine rings is 2. The molecule has 4 heterocycles. The van der Waals surface area contributed by atoms with Gasteiger partial charge in [0.1, 0.15) is 0 Å². The standard InChI is InChI=1S/C27H21N7O/c1-17-22-14-20(15-28-26(22)34(32-17)21-9-4-3-5-10-21)30-27(35)23-16-29-33(18(23)2)25-13-12-19-8-6-7-11-24(19)31-25/h3-16H,1-2H3,(H,30,35). The van der Waals surface area contributed by atoms with Gasteiger partial charge in [-0.15, -0.1) is 0 Å². The number of hydrogen-bond donors (Lipinski definition) is 1. The van der Waals surface area contributed by atoms with Crippen molar-refractivity contribution in [3.8, 4) is 11.5 Å². The molecule has 0 aliphatic carbocycles. The van der Waals surface area contributed by atoms with Crippen molar-refractivity contribution in [1.29, 1.82) is 0 Å². The largest absolute Gasteiger partial charge is 0.320 e. The van der Waals surface area contributed by atoms with Crippen molar-refractivity contribution < 1.29 is 4.79 Å². The molecule has 6 aromatic rings. The Hall–Kier alpha value is -4.85. The molecule has 0 aliphatic heterocycles. The Morgan fingerprint density at radius 3 is 2.54 bits per heavy atom. The molecular weight excluding hydrogens is 438 g/mol. The van der Waals surface area contributed by atoms with Crippen LogP contribution < -0.4 is 5.32 Å². The lowest BCUT2D eigenvalue weighted by molar-refractivity contribution is 0.102. The van der Waals surface area contributed by atoms with Gasteiger partial charge in [0, 0.05) is 10.8 Å². The topological polar surface area (TPSA) is 90.5 Å². The van der Waals surface area contributed by atoms with Crippen molar-refractivity contribution in [3.05, 3.63) is 102 Å². The SMILES string of the molecule is Cc1nn(-c2ccccc2)c2ncc(NC(=O)c3cnn(-c4ccc5ccccc5n4)c3C)cc12. The van der Waals surface area contributed by atoms with Crippen molar-refractivity contribution >= 4 is 33.5 Å². The molecule has 0 unspecified atom stereocenters. The summed E-state index contributed by atoms with van der Waals surface area (Å²) in [4.78, 5) is 22.4. The van der Waals surface area contributed by atoms with Gasteiger partial charge in [-0.2, -0.15) is 10.2 Å². The van der Waals surface area contributed by atoms with Crippen LogP contribution in [0.25, 0.3) is 33.4 Å². The zero-order valence-electron chi connectivity index (χ0n) is 19.2. The number of amides is 1. The maximum atomic E-state index is 13.1. The Kier molecular flexibility index (Phi) is 4.84. The molecule has 0 saturated heterocycles. The molecule has 35 heavy (non-hydrogen) atoms. The Balaban J connectivity index is 1.29. The van der Waals surface area contributed by atoms with Gasteiger partial charge in [-0.05, 0) is 50.2 Å². The molecule has 6 rings (SSSR count). The second kappa shape index (κ2) is 8.18. The molecule has 1 amide bonds. The van der Waals surface area contributed by atoms with Crippen molar-refractivity contribution in [1.82, 2.24) is 29.5 Å². The molecule has 0 bridgehead atoms. The fourth-order valence-electron chi connectivity index (χ4n) is 4.20. The van der Waals surface area contributed by atoms with E-state index >= 15 is 0 Å². The smallest absolute Gasteiger partial charge is 0.259 e. The van der Waals surface area contributed by atoms with Gasteiger partial charge in [0.2, 0.25) is 0 Å². The van der Waals surface area contributed by atoms with Crippen molar-refractivity contribution in [3.63, 3.8) is 0 Å². The van der Waals surface area contributed by atoms with Crippen molar-refractivity contribution in [2.24, 2.45) is 0 Å². The summed E-state index contributed by atoms with van der Waals surface area (Å²) in [5, 5.41) is 13.9. The van der Waals surface area contributed by atoms with E-state index in [1.54, 1.807) is 21.8 Å². The molecule has 0 atom stereocenters. The first-order chi connectivity index (χ1) is 17.1. The fourth-order valence-corrected chi connectivity index (χ4v) is 4.20. The summed E-state index contributed by atoms with van der Waals surface area (Å²) in [5.74, 6) is 0.399. The number of hydrogen-bond acceptors (Lipinski definition) is 5. The number of nitrogens with zero attached hydrogens (tertiary/aromatic N) is 6. The molecule has 0 fully saturated rings. The lowest BCUT2D eigenvalue weighted by atomic mass is 10.2. The summed E-state index contributed by atoms with van der Waals surface area (Å²) in [6.45, 7) is 3.79. The first-order valence-corrected chi connectivity index (χ1v) is 11.2. The number of carbonyl (C=O) groups excluding carboxylic acids is 1. The summed E-state index contributed by atoms with van der Waals surface area (Å²) in [6.07, 6.45) is 3.21. The summed E-state index contributed by atoms with van der Waals surface area (Å²) in [6, 6.07) is 23.5. The minimum Gasteiger partial charge on any atom is -0.320 e. The Labute approximate surface area is 200 Å². The van der Waals surface area contributed by atoms with Gasteiger partial charge in [0.25, 0.3) is 5.91 Å². The van der Waals surface area contributed by atoms with Gasteiger partial charge in [0.15, 0.2) is 11.5 Å².